The first-order chi connectivity index (χ1) is 9.79. The van der Waals surface area contributed by atoms with Crippen molar-refractivity contribution in [1.29, 1.82) is 0 Å². The molecule has 2 fully saturated rings. The van der Waals surface area contributed by atoms with Crippen molar-refractivity contribution in [2.75, 3.05) is 19.6 Å². The highest BCUT2D eigenvalue weighted by molar-refractivity contribution is 5.78. The van der Waals surface area contributed by atoms with Gasteiger partial charge in [-0.1, -0.05) is 30.3 Å². The second-order valence-corrected chi connectivity index (χ2v) is 5.93. The van der Waals surface area contributed by atoms with Gasteiger partial charge in [-0.05, 0) is 24.9 Å². The van der Waals surface area contributed by atoms with E-state index >= 15 is 0 Å². The Morgan fingerprint density at radius 1 is 1.25 bits per heavy atom. The minimum atomic E-state index is 0.180. The van der Waals surface area contributed by atoms with E-state index in [9.17, 15) is 4.79 Å². The van der Waals surface area contributed by atoms with Crippen LogP contribution in [0.3, 0.4) is 0 Å². The Labute approximate surface area is 120 Å². The molecule has 4 heteroatoms. The Morgan fingerprint density at radius 3 is 2.85 bits per heavy atom. The van der Waals surface area contributed by atoms with Crippen molar-refractivity contribution >= 4 is 5.91 Å². The van der Waals surface area contributed by atoms with Crippen LogP contribution in [-0.4, -0.2) is 42.5 Å². The number of hydrogen-bond acceptors (Lipinski definition) is 3. The molecule has 2 unspecified atom stereocenters. The van der Waals surface area contributed by atoms with Gasteiger partial charge in [-0.25, -0.2) is 0 Å². The maximum absolute atomic E-state index is 11.2. The van der Waals surface area contributed by atoms with Gasteiger partial charge in [0.15, 0.2) is 0 Å². The number of carbonyl (C=O) groups excluding carboxylic acids is 1. The van der Waals surface area contributed by atoms with Crippen LogP contribution < -0.4 is 10.6 Å². The van der Waals surface area contributed by atoms with Crippen molar-refractivity contribution in [2.24, 2.45) is 0 Å². The average Bonchev–Trinajstić information content (AvgIpc) is 2.86. The zero-order valence-corrected chi connectivity index (χ0v) is 11.8. The maximum atomic E-state index is 11.2. The van der Waals surface area contributed by atoms with Gasteiger partial charge in [0, 0.05) is 38.1 Å². The first-order valence-corrected chi connectivity index (χ1v) is 7.58. The van der Waals surface area contributed by atoms with Gasteiger partial charge in [0.2, 0.25) is 5.91 Å². The third-order valence-electron chi connectivity index (χ3n) is 4.20. The van der Waals surface area contributed by atoms with Crippen molar-refractivity contribution in [3.63, 3.8) is 0 Å². The van der Waals surface area contributed by atoms with E-state index in [1.54, 1.807) is 0 Å². The largest absolute Gasteiger partial charge is 0.354 e. The summed E-state index contributed by atoms with van der Waals surface area (Å²) in [6.07, 6.45) is 3.09. The van der Waals surface area contributed by atoms with Crippen LogP contribution in [-0.2, 0) is 11.3 Å². The fourth-order valence-electron chi connectivity index (χ4n) is 3.23. The van der Waals surface area contributed by atoms with Gasteiger partial charge in [0.05, 0.1) is 0 Å². The Morgan fingerprint density at radius 2 is 2.10 bits per heavy atom. The van der Waals surface area contributed by atoms with Crippen LogP contribution in [0.5, 0.6) is 0 Å². The fourth-order valence-corrected chi connectivity index (χ4v) is 3.23. The normalized spacial score (nSPS) is 27.5. The van der Waals surface area contributed by atoms with Crippen LogP contribution in [0, 0.1) is 0 Å². The summed E-state index contributed by atoms with van der Waals surface area (Å²) in [6, 6.07) is 11.5. The highest BCUT2D eigenvalue weighted by Crippen LogP contribution is 2.15. The molecule has 2 heterocycles. The smallest absolute Gasteiger partial charge is 0.221 e. The second-order valence-electron chi connectivity index (χ2n) is 5.93. The number of nitrogens with one attached hydrogen (secondary N) is 2. The topological polar surface area (TPSA) is 44.4 Å². The van der Waals surface area contributed by atoms with E-state index in [2.05, 4.69) is 45.9 Å². The van der Waals surface area contributed by atoms with E-state index in [0.29, 0.717) is 18.5 Å². The monoisotopic (exact) mass is 273 g/mol. The summed E-state index contributed by atoms with van der Waals surface area (Å²) in [5.41, 5.74) is 1.38. The molecule has 2 atom stereocenters. The van der Waals surface area contributed by atoms with E-state index in [0.717, 1.165) is 19.6 Å². The number of rotatable bonds is 4. The molecule has 20 heavy (non-hydrogen) atoms. The number of likely N-dealkylation sites (tertiary alicyclic amines) is 1. The van der Waals surface area contributed by atoms with Crippen LogP contribution in [0.2, 0.25) is 0 Å². The zero-order chi connectivity index (χ0) is 13.8. The van der Waals surface area contributed by atoms with Gasteiger partial charge in [0.1, 0.15) is 0 Å². The Bertz CT molecular complexity index is 448. The Hall–Kier alpha value is -1.39. The molecule has 1 aromatic rings. The molecule has 2 N–H and O–H groups in total. The molecule has 1 amide bonds. The molecule has 108 valence electrons. The molecule has 4 nitrogen and oxygen atoms in total. The number of nitrogens with zero attached hydrogens (tertiary/aromatic N) is 1. The highest BCUT2D eigenvalue weighted by Gasteiger charge is 2.26. The molecule has 0 radical (unpaired) electrons. The molecule has 3 rings (SSSR count). The van der Waals surface area contributed by atoms with Crippen LogP contribution in [0.4, 0.5) is 0 Å². The third-order valence-corrected chi connectivity index (χ3v) is 4.20. The van der Waals surface area contributed by atoms with E-state index in [1.165, 1.54) is 24.9 Å². The minimum absolute atomic E-state index is 0.180. The van der Waals surface area contributed by atoms with E-state index in [-0.39, 0.29) is 5.91 Å². The molecule has 0 aromatic heterocycles. The minimum Gasteiger partial charge on any atom is -0.354 e. The van der Waals surface area contributed by atoms with Crippen LogP contribution >= 0.6 is 0 Å². The van der Waals surface area contributed by atoms with E-state index < -0.39 is 0 Å². The molecule has 2 aliphatic rings. The number of piperidine rings is 1. The summed E-state index contributed by atoms with van der Waals surface area (Å²) in [7, 11) is 0. The fraction of sp³-hybridized carbons (Fsp3) is 0.562. The molecule has 2 aliphatic heterocycles. The third kappa shape index (κ3) is 3.58. The molecule has 0 spiro atoms. The van der Waals surface area contributed by atoms with Crippen molar-refractivity contribution in [3.8, 4) is 0 Å². The van der Waals surface area contributed by atoms with Gasteiger partial charge in [-0.2, -0.15) is 0 Å². The van der Waals surface area contributed by atoms with Crippen molar-refractivity contribution in [3.05, 3.63) is 35.9 Å². The first-order valence-electron chi connectivity index (χ1n) is 7.58. The maximum Gasteiger partial charge on any atom is 0.221 e. The quantitative estimate of drug-likeness (QED) is 0.864. The SMILES string of the molecule is O=C1CC(NC2CCCN(Cc3ccccc3)C2)CN1. The van der Waals surface area contributed by atoms with Crippen molar-refractivity contribution in [1.82, 2.24) is 15.5 Å². The molecule has 2 saturated heterocycles. The highest BCUT2D eigenvalue weighted by atomic mass is 16.1. The van der Waals surface area contributed by atoms with Gasteiger partial charge >= 0.3 is 0 Å². The number of hydrogen-bond donors (Lipinski definition) is 2. The summed E-state index contributed by atoms with van der Waals surface area (Å²) in [6.45, 7) is 4.07. The summed E-state index contributed by atoms with van der Waals surface area (Å²) in [5, 5.41) is 6.53. The van der Waals surface area contributed by atoms with Crippen LogP contribution in [0.25, 0.3) is 0 Å². The molecule has 0 saturated carbocycles. The number of amides is 1. The lowest BCUT2D eigenvalue weighted by molar-refractivity contribution is -0.119. The summed E-state index contributed by atoms with van der Waals surface area (Å²) in [4.78, 5) is 13.8. The van der Waals surface area contributed by atoms with Gasteiger partial charge in [-0.3, -0.25) is 9.69 Å². The predicted molar refractivity (Wildman–Crippen MR) is 79.3 cm³/mol. The predicted octanol–water partition coefficient (Wildman–Crippen LogP) is 1.13. The molecular weight excluding hydrogens is 250 g/mol. The van der Waals surface area contributed by atoms with Gasteiger partial charge in [0.25, 0.3) is 0 Å². The second kappa shape index (κ2) is 6.37. The van der Waals surface area contributed by atoms with Crippen molar-refractivity contribution < 1.29 is 4.79 Å². The number of carbonyl (C=O) groups is 1. The summed E-state index contributed by atoms with van der Waals surface area (Å²) in [5.74, 6) is 0.180. The van der Waals surface area contributed by atoms with Crippen LogP contribution in [0.15, 0.2) is 30.3 Å². The molecule has 1 aromatic carbocycles. The Kier molecular flexibility index (Phi) is 4.33. The molecule has 0 aliphatic carbocycles. The lowest BCUT2D eigenvalue weighted by Gasteiger charge is -2.34. The van der Waals surface area contributed by atoms with Crippen LogP contribution in [0.1, 0.15) is 24.8 Å². The van der Waals surface area contributed by atoms with E-state index in [4.69, 9.17) is 0 Å². The zero-order valence-electron chi connectivity index (χ0n) is 11.8. The standard InChI is InChI=1S/C16H23N3O/c20-16-9-15(10-17-16)18-14-7-4-8-19(12-14)11-13-5-2-1-3-6-13/h1-3,5-6,14-15,18H,4,7-12H2,(H,17,20). The lowest BCUT2D eigenvalue weighted by Crippen LogP contribution is -2.49. The summed E-state index contributed by atoms with van der Waals surface area (Å²) >= 11 is 0. The molecular formula is C16H23N3O. The van der Waals surface area contributed by atoms with Gasteiger partial charge < -0.3 is 10.6 Å². The Balaban J connectivity index is 1.50. The van der Waals surface area contributed by atoms with Crippen molar-refractivity contribution in [2.45, 2.75) is 37.9 Å². The molecule has 0 bridgehead atoms. The van der Waals surface area contributed by atoms with Gasteiger partial charge in [-0.15, -0.1) is 0 Å². The average molecular weight is 273 g/mol. The number of benzene rings is 1. The van der Waals surface area contributed by atoms with E-state index in [1.807, 2.05) is 0 Å². The summed E-state index contributed by atoms with van der Waals surface area (Å²) < 4.78 is 0. The first kappa shape index (κ1) is 13.6. The lowest BCUT2D eigenvalue weighted by atomic mass is 10.0.